The Morgan fingerprint density at radius 1 is 1.53 bits per heavy atom. The zero-order valence-corrected chi connectivity index (χ0v) is 9.23. The van der Waals surface area contributed by atoms with Gasteiger partial charge in [-0.05, 0) is 30.9 Å². The number of hydrogen-bond acceptors (Lipinski definition) is 4. The van der Waals surface area contributed by atoms with E-state index in [1.54, 1.807) is 7.11 Å². The number of nitrogens with two attached hydrogens (primary N) is 1. The summed E-state index contributed by atoms with van der Waals surface area (Å²) in [6.45, 7) is 1.07. The molecule has 1 fully saturated rings. The van der Waals surface area contributed by atoms with Crippen molar-refractivity contribution in [2.24, 2.45) is 5.92 Å². The fourth-order valence-electron chi connectivity index (χ4n) is 1.60. The van der Waals surface area contributed by atoms with Crippen LogP contribution in [0.3, 0.4) is 0 Å². The van der Waals surface area contributed by atoms with Crippen molar-refractivity contribution in [3.63, 3.8) is 0 Å². The van der Waals surface area contributed by atoms with E-state index in [4.69, 9.17) is 10.5 Å². The number of rotatable bonds is 4. The van der Waals surface area contributed by atoms with Crippen molar-refractivity contribution in [2.45, 2.75) is 12.8 Å². The van der Waals surface area contributed by atoms with Crippen LogP contribution in [-0.4, -0.2) is 25.7 Å². The molecule has 0 atom stereocenters. The van der Waals surface area contributed by atoms with E-state index in [0.29, 0.717) is 11.6 Å². The SMILES string of the molecule is COc1nc(N(C)CC2CC2)ccc1N. The van der Waals surface area contributed by atoms with Crippen molar-refractivity contribution in [3.8, 4) is 5.88 Å². The third-order valence-corrected chi connectivity index (χ3v) is 2.69. The fourth-order valence-corrected chi connectivity index (χ4v) is 1.60. The van der Waals surface area contributed by atoms with Gasteiger partial charge in [-0.2, -0.15) is 4.98 Å². The van der Waals surface area contributed by atoms with Crippen LogP contribution in [0, 0.1) is 5.92 Å². The number of anilines is 2. The first-order chi connectivity index (χ1) is 7.20. The topological polar surface area (TPSA) is 51.4 Å². The quantitative estimate of drug-likeness (QED) is 0.813. The third-order valence-electron chi connectivity index (χ3n) is 2.69. The molecule has 2 rings (SSSR count). The maximum Gasteiger partial charge on any atom is 0.238 e. The molecule has 0 radical (unpaired) electrons. The lowest BCUT2D eigenvalue weighted by atomic mass is 10.3. The smallest absolute Gasteiger partial charge is 0.238 e. The Bertz CT molecular complexity index is 350. The van der Waals surface area contributed by atoms with Crippen LogP contribution in [0.25, 0.3) is 0 Å². The van der Waals surface area contributed by atoms with E-state index in [-0.39, 0.29) is 0 Å². The number of nitrogen functional groups attached to an aromatic ring is 1. The molecule has 0 saturated heterocycles. The molecule has 0 amide bonds. The summed E-state index contributed by atoms with van der Waals surface area (Å²) in [6.07, 6.45) is 2.69. The second-order valence-electron chi connectivity index (χ2n) is 4.09. The molecule has 0 spiro atoms. The van der Waals surface area contributed by atoms with Gasteiger partial charge in [-0.15, -0.1) is 0 Å². The normalized spacial score (nSPS) is 15.1. The summed E-state index contributed by atoms with van der Waals surface area (Å²) in [5, 5.41) is 0. The first-order valence-electron chi connectivity index (χ1n) is 5.22. The van der Waals surface area contributed by atoms with Crippen LogP contribution in [0.2, 0.25) is 0 Å². The number of aromatic nitrogens is 1. The molecular weight excluding hydrogens is 190 g/mol. The van der Waals surface area contributed by atoms with Gasteiger partial charge >= 0.3 is 0 Å². The Hall–Kier alpha value is -1.45. The van der Waals surface area contributed by atoms with E-state index in [2.05, 4.69) is 16.9 Å². The average Bonchev–Trinajstić information content (AvgIpc) is 3.02. The third kappa shape index (κ3) is 2.32. The van der Waals surface area contributed by atoms with Crippen LogP contribution in [0.4, 0.5) is 11.5 Å². The van der Waals surface area contributed by atoms with Crippen LogP contribution < -0.4 is 15.4 Å². The number of pyridine rings is 1. The van der Waals surface area contributed by atoms with Crippen molar-refractivity contribution < 1.29 is 4.74 Å². The van der Waals surface area contributed by atoms with Crippen LogP contribution in [0.5, 0.6) is 5.88 Å². The molecule has 1 heterocycles. The van der Waals surface area contributed by atoms with Crippen LogP contribution >= 0.6 is 0 Å². The Morgan fingerprint density at radius 3 is 2.87 bits per heavy atom. The highest BCUT2D eigenvalue weighted by molar-refractivity contribution is 5.54. The Labute approximate surface area is 90.0 Å². The van der Waals surface area contributed by atoms with Crippen molar-refractivity contribution in [2.75, 3.05) is 31.3 Å². The van der Waals surface area contributed by atoms with Gasteiger partial charge in [-0.25, -0.2) is 0 Å². The molecule has 1 aromatic heterocycles. The highest BCUT2D eigenvalue weighted by Gasteiger charge is 2.23. The van der Waals surface area contributed by atoms with Gasteiger partial charge in [-0.1, -0.05) is 0 Å². The minimum Gasteiger partial charge on any atom is -0.479 e. The Balaban J connectivity index is 2.12. The standard InChI is InChI=1S/C11H17N3O/c1-14(7-8-3-4-8)10-6-5-9(12)11(13-10)15-2/h5-6,8H,3-4,7,12H2,1-2H3. The van der Waals surface area contributed by atoms with Gasteiger partial charge in [0.15, 0.2) is 0 Å². The van der Waals surface area contributed by atoms with Gasteiger partial charge < -0.3 is 15.4 Å². The van der Waals surface area contributed by atoms with Crippen molar-refractivity contribution >= 4 is 11.5 Å². The summed E-state index contributed by atoms with van der Waals surface area (Å²) in [5.41, 5.74) is 6.29. The molecule has 0 aromatic carbocycles. The lowest BCUT2D eigenvalue weighted by Crippen LogP contribution is -2.21. The van der Waals surface area contributed by atoms with Gasteiger partial charge in [0.05, 0.1) is 12.8 Å². The molecule has 0 aliphatic heterocycles. The molecule has 1 aromatic rings. The number of methoxy groups -OCH3 is 1. The average molecular weight is 207 g/mol. The molecule has 0 bridgehead atoms. The van der Waals surface area contributed by atoms with Gasteiger partial charge in [0.1, 0.15) is 5.82 Å². The zero-order valence-electron chi connectivity index (χ0n) is 9.23. The predicted octanol–water partition coefficient (Wildman–Crippen LogP) is 1.52. The highest BCUT2D eigenvalue weighted by Crippen LogP contribution is 2.31. The van der Waals surface area contributed by atoms with Gasteiger partial charge in [0.2, 0.25) is 5.88 Å². The molecule has 1 saturated carbocycles. The molecular formula is C11H17N3O. The molecule has 2 N–H and O–H groups in total. The lowest BCUT2D eigenvalue weighted by Gasteiger charge is -2.18. The summed E-state index contributed by atoms with van der Waals surface area (Å²) in [5.74, 6) is 2.28. The first kappa shape index (κ1) is 10.1. The summed E-state index contributed by atoms with van der Waals surface area (Å²) < 4.78 is 5.09. The fraction of sp³-hybridized carbons (Fsp3) is 0.545. The summed E-state index contributed by atoms with van der Waals surface area (Å²) in [6, 6.07) is 3.77. The highest BCUT2D eigenvalue weighted by atomic mass is 16.5. The largest absolute Gasteiger partial charge is 0.479 e. The van der Waals surface area contributed by atoms with Crippen molar-refractivity contribution in [3.05, 3.63) is 12.1 Å². The van der Waals surface area contributed by atoms with Crippen LogP contribution in [-0.2, 0) is 0 Å². The Morgan fingerprint density at radius 2 is 2.27 bits per heavy atom. The van der Waals surface area contributed by atoms with E-state index in [9.17, 15) is 0 Å². The van der Waals surface area contributed by atoms with E-state index in [1.807, 2.05) is 12.1 Å². The van der Waals surface area contributed by atoms with Gasteiger partial charge in [0, 0.05) is 13.6 Å². The van der Waals surface area contributed by atoms with E-state index in [1.165, 1.54) is 12.8 Å². The summed E-state index contributed by atoms with van der Waals surface area (Å²) in [7, 11) is 3.64. The molecule has 4 heteroatoms. The maximum atomic E-state index is 5.71. The number of nitrogens with zero attached hydrogens (tertiary/aromatic N) is 2. The first-order valence-corrected chi connectivity index (χ1v) is 5.22. The molecule has 82 valence electrons. The number of hydrogen-bond donors (Lipinski definition) is 1. The zero-order chi connectivity index (χ0) is 10.8. The molecule has 0 unspecified atom stereocenters. The van der Waals surface area contributed by atoms with E-state index >= 15 is 0 Å². The van der Waals surface area contributed by atoms with Gasteiger partial charge in [0.25, 0.3) is 0 Å². The van der Waals surface area contributed by atoms with E-state index in [0.717, 1.165) is 18.3 Å². The monoisotopic (exact) mass is 207 g/mol. The number of ether oxygens (including phenoxy) is 1. The lowest BCUT2D eigenvalue weighted by molar-refractivity contribution is 0.400. The second-order valence-corrected chi connectivity index (χ2v) is 4.09. The summed E-state index contributed by atoms with van der Waals surface area (Å²) in [4.78, 5) is 6.50. The van der Waals surface area contributed by atoms with Crippen LogP contribution in [0.15, 0.2) is 12.1 Å². The van der Waals surface area contributed by atoms with Crippen molar-refractivity contribution in [1.82, 2.24) is 4.98 Å². The van der Waals surface area contributed by atoms with E-state index < -0.39 is 0 Å². The molecule has 1 aliphatic rings. The minimum absolute atomic E-state index is 0.509. The predicted molar refractivity (Wildman–Crippen MR) is 61.2 cm³/mol. The molecule has 15 heavy (non-hydrogen) atoms. The maximum absolute atomic E-state index is 5.71. The second kappa shape index (κ2) is 3.96. The Kier molecular flexibility index (Phi) is 2.66. The van der Waals surface area contributed by atoms with Crippen molar-refractivity contribution in [1.29, 1.82) is 0 Å². The molecule has 1 aliphatic carbocycles. The van der Waals surface area contributed by atoms with Crippen LogP contribution in [0.1, 0.15) is 12.8 Å². The van der Waals surface area contributed by atoms with Gasteiger partial charge in [-0.3, -0.25) is 0 Å². The summed E-state index contributed by atoms with van der Waals surface area (Å²) >= 11 is 0. The molecule has 4 nitrogen and oxygen atoms in total. The minimum atomic E-state index is 0.509.